The van der Waals surface area contributed by atoms with E-state index in [9.17, 15) is 15.3 Å². The van der Waals surface area contributed by atoms with E-state index >= 15 is 0 Å². The monoisotopic (exact) mass is 2050 g/mol. The van der Waals surface area contributed by atoms with Crippen LogP contribution in [0.5, 0.6) is 0 Å². The topological polar surface area (TPSA) is 199 Å². The Kier molecular flexibility index (Phi) is 43.9. The molecule has 0 aliphatic carbocycles. The van der Waals surface area contributed by atoms with E-state index in [1.807, 2.05) is 82.7 Å². The summed E-state index contributed by atoms with van der Waals surface area (Å²) in [5, 5.41) is 54.7. The van der Waals surface area contributed by atoms with Crippen LogP contribution in [0.25, 0.3) is 101 Å². The standard InChI is InChI=1S/2C25H21N2.C24H19N2.C9H20O2.C8H18O2.C7H16O2.3Ir/c2*1-17-4-10-20(11-5-17)23-16-26-24(21-12-6-18(2)7-13-21)25(27-23)22-14-8-19(3)9-15-22;1-17-8-12-20(13-9-17)23-24(21-14-10-18(2)11-15-21)26-22(16-25-23)19-6-4-3-5-7-19;1-3-5-8(10)7-9(11)6-4-2;1-6(2)4-8(10)5-7(3)9;1-3-6(8)5-7(9)4-2;;;/h2*4-12,14-16H,1-3H3;3-12,14-16H,1-2H3;8-11H,3-7H2,1-2H3;6-10H,4-5H2,1-3H3;6-9H,3-5H2,1-2H3;;;/q3*-1;;;;;;. The van der Waals surface area contributed by atoms with Gasteiger partial charge in [-0.25, -0.2) is 0 Å². The number of aryl methyl sites for hydroxylation is 8. The molecule has 12 nitrogen and oxygen atoms in total. The molecule has 0 aliphatic rings. The van der Waals surface area contributed by atoms with Crippen molar-refractivity contribution in [2.75, 3.05) is 0 Å². The Morgan fingerprint density at radius 2 is 0.549 bits per heavy atom. The molecule has 0 amide bonds. The number of nitrogens with zero attached hydrogens (tertiary/aromatic N) is 6. The van der Waals surface area contributed by atoms with Crippen LogP contribution >= 0.6 is 0 Å². The van der Waals surface area contributed by atoms with E-state index in [2.05, 4.69) is 257 Å². The van der Waals surface area contributed by atoms with Gasteiger partial charge in [-0.15, -0.1) is 106 Å². The van der Waals surface area contributed by atoms with Crippen LogP contribution in [0.4, 0.5) is 0 Å². The van der Waals surface area contributed by atoms with E-state index in [1.54, 1.807) is 6.92 Å². The molecule has 3 heterocycles. The van der Waals surface area contributed by atoms with Gasteiger partial charge in [-0.3, -0.25) is 15.0 Å². The SMILES string of the molecule is CC(C)CC(O)CC(C)O.CCC(O)CC(O)CC.CCCC(O)CC(O)CCC.Cc1c[c-]c(-c2ncc(-c3ccc(C)cc3)nc2-c2ccc(C)cc2)cc1.Cc1c[c-]c(-c2ncc(-c3ccc(C)cc3)nc2-c2ccc(C)cc2)cc1.Cc1c[c-]c(-c2ncc(-c3ccccc3)nc2-c2ccc(C)cc2)cc1.[Ir].[Ir].[Ir]. The van der Waals surface area contributed by atoms with Crippen molar-refractivity contribution in [1.29, 1.82) is 0 Å². The van der Waals surface area contributed by atoms with Crippen molar-refractivity contribution in [1.82, 2.24) is 29.9 Å². The van der Waals surface area contributed by atoms with Crippen LogP contribution in [0.3, 0.4) is 0 Å². The predicted molar refractivity (Wildman–Crippen MR) is 455 cm³/mol. The van der Waals surface area contributed by atoms with Crippen LogP contribution in [-0.2, 0) is 60.3 Å². The van der Waals surface area contributed by atoms with Crippen LogP contribution < -0.4 is 0 Å². The molecule has 603 valence electrons. The molecule has 0 fully saturated rings. The first kappa shape index (κ1) is 97.3. The van der Waals surface area contributed by atoms with Gasteiger partial charge in [0.1, 0.15) is 0 Å². The molecule has 6 unspecified atom stereocenters. The van der Waals surface area contributed by atoms with Gasteiger partial charge in [0.25, 0.3) is 0 Å². The molecule has 0 saturated heterocycles. The van der Waals surface area contributed by atoms with Gasteiger partial charge >= 0.3 is 0 Å². The first-order chi connectivity index (χ1) is 52.8. The fourth-order valence-electron chi connectivity index (χ4n) is 11.8. The first-order valence-corrected chi connectivity index (χ1v) is 38.9. The molecule has 113 heavy (non-hydrogen) atoms. The molecule has 3 aromatic heterocycles. The number of aliphatic hydroxyl groups excluding tert-OH is 6. The summed E-state index contributed by atoms with van der Waals surface area (Å²) in [5.41, 5.74) is 26.8. The Balaban J connectivity index is 0.000000300. The van der Waals surface area contributed by atoms with Gasteiger partial charge in [0.2, 0.25) is 0 Å². The minimum atomic E-state index is -0.381. The van der Waals surface area contributed by atoms with Gasteiger partial charge in [0.05, 0.1) is 70.8 Å². The van der Waals surface area contributed by atoms with Gasteiger partial charge < -0.3 is 45.6 Å². The van der Waals surface area contributed by atoms with Crippen molar-refractivity contribution in [3.8, 4) is 101 Å². The second-order valence-electron chi connectivity index (χ2n) is 29.2. The van der Waals surface area contributed by atoms with Crippen LogP contribution in [0, 0.1) is 79.5 Å². The number of hydrogen-bond donors (Lipinski definition) is 6. The summed E-state index contributed by atoms with van der Waals surface area (Å²) in [6, 6.07) is 80.6. The third kappa shape index (κ3) is 33.0. The van der Waals surface area contributed by atoms with E-state index in [1.165, 1.54) is 44.5 Å². The first-order valence-electron chi connectivity index (χ1n) is 38.9. The minimum absolute atomic E-state index is 0. The second-order valence-corrected chi connectivity index (χ2v) is 29.2. The summed E-state index contributed by atoms with van der Waals surface area (Å²) in [6.45, 7) is 30.3. The van der Waals surface area contributed by atoms with Gasteiger partial charge in [-0.1, -0.05) is 255 Å². The fraction of sp³-hybridized carbons (Fsp3) is 0.327. The van der Waals surface area contributed by atoms with Crippen LogP contribution in [0.15, 0.2) is 225 Å². The molecule has 0 spiro atoms. The Morgan fingerprint density at radius 1 is 0.283 bits per heavy atom. The number of aliphatic hydroxyl groups is 6. The van der Waals surface area contributed by atoms with Crippen molar-refractivity contribution >= 4 is 0 Å². The van der Waals surface area contributed by atoms with E-state index in [0.717, 1.165) is 146 Å². The Hall–Kier alpha value is -8.07. The average molecular weight is 2050 g/mol. The fourth-order valence-corrected chi connectivity index (χ4v) is 11.8. The van der Waals surface area contributed by atoms with Crippen molar-refractivity contribution < 1.29 is 91.0 Å². The maximum Gasteiger partial charge on any atom is 0.0873 e. The predicted octanol–water partition coefficient (Wildman–Crippen LogP) is 22.1. The van der Waals surface area contributed by atoms with E-state index in [0.29, 0.717) is 25.2 Å². The summed E-state index contributed by atoms with van der Waals surface area (Å²) in [6.07, 6.45) is 11.0. The normalized spacial score (nSPS) is 12.1. The molecular formula is C98H115Ir3N6O6-3. The van der Waals surface area contributed by atoms with E-state index in [-0.39, 0.29) is 96.9 Å². The Morgan fingerprint density at radius 3 is 0.796 bits per heavy atom. The number of benzene rings is 9. The summed E-state index contributed by atoms with van der Waals surface area (Å²) in [4.78, 5) is 29.3. The molecule has 0 saturated carbocycles. The summed E-state index contributed by atoms with van der Waals surface area (Å²) >= 11 is 0. The summed E-state index contributed by atoms with van der Waals surface area (Å²) in [7, 11) is 0. The van der Waals surface area contributed by atoms with Crippen LogP contribution in [0.2, 0.25) is 0 Å². The van der Waals surface area contributed by atoms with Crippen LogP contribution in [0.1, 0.15) is 157 Å². The molecule has 15 heteroatoms. The molecule has 0 aliphatic heterocycles. The molecule has 12 rings (SSSR count). The zero-order valence-electron chi connectivity index (χ0n) is 68.3. The third-order valence-electron chi connectivity index (χ3n) is 18.4. The largest absolute Gasteiger partial charge is 0.393 e. The maximum atomic E-state index is 9.29. The molecular weight excluding hydrogens is 1930 g/mol. The Labute approximate surface area is 714 Å². The summed E-state index contributed by atoms with van der Waals surface area (Å²) < 4.78 is 0. The van der Waals surface area contributed by atoms with Gasteiger partial charge in [0.15, 0.2) is 0 Å². The maximum absolute atomic E-state index is 9.29. The smallest absolute Gasteiger partial charge is 0.0873 e. The van der Waals surface area contributed by atoms with E-state index < -0.39 is 0 Å². The minimum Gasteiger partial charge on any atom is -0.393 e. The Bertz CT molecular complexity index is 4420. The van der Waals surface area contributed by atoms with Gasteiger partial charge in [-0.2, -0.15) is 0 Å². The van der Waals surface area contributed by atoms with Crippen molar-refractivity contribution in [2.45, 2.75) is 205 Å². The third-order valence-corrected chi connectivity index (χ3v) is 18.4. The number of hydrogen-bond acceptors (Lipinski definition) is 12. The van der Waals surface area contributed by atoms with Gasteiger partial charge in [-0.05, 0) is 116 Å². The molecule has 6 N–H and O–H groups in total. The average Bonchev–Trinajstić information content (AvgIpc) is 0.802. The van der Waals surface area contributed by atoms with Gasteiger partial charge in [0, 0.05) is 113 Å². The quantitative estimate of drug-likeness (QED) is 0.0332. The van der Waals surface area contributed by atoms with Crippen molar-refractivity contribution in [2.24, 2.45) is 5.92 Å². The second kappa shape index (κ2) is 51.0. The zero-order chi connectivity index (χ0) is 79.7. The summed E-state index contributed by atoms with van der Waals surface area (Å²) in [5.74, 6) is 0.508. The molecule has 12 aromatic rings. The van der Waals surface area contributed by atoms with Crippen LogP contribution in [-0.4, -0.2) is 97.2 Å². The number of aromatic nitrogens is 6. The van der Waals surface area contributed by atoms with Crippen molar-refractivity contribution in [3.63, 3.8) is 0 Å². The molecule has 6 atom stereocenters. The molecule has 9 aromatic carbocycles. The molecule has 3 radical (unpaired) electrons. The molecule has 0 bridgehead atoms. The zero-order valence-corrected chi connectivity index (χ0v) is 75.5. The van der Waals surface area contributed by atoms with E-state index in [4.69, 9.17) is 45.2 Å². The van der Waals surface area contributed by atoms with Crippen molar-refractivity contribution in [3.05, 3.63) is 288 Å². The number of rotatable bonds is 23.